The zero-order valence-electron chi connectivity index (χ0n) is 17.5. The van der Waals surface area contributed by atoms with E-state index in [1.807, 2.05) is 0 Å². The van der Waals surface area contributed by atoms with Crippen LogP contribution < -0.4 is 19.7 Å². The molecule has 172 valence electrons. The Bertz CT molecular complexity index is 1150. The molecule has 9 nitrogen and oxygen atoms in total. The second-order valence-electron chi connectivity index (χ2n) is 6.56. The highest BCUT2D eigenvalue weighted by molar-refractivity contribution is 9.10. The van der Waals surface area contributed by atoms with Gasteiger partial charge in [-0.15, -0.1) is 0 Å². The van der Waals surface area contributed by atoms with Crippen molar-refractivity contribution in [2.45, 2.75) is 6.92 Å². The van der Waals surface area contributed by atoms with Crippen molar-refractivity contribution in [3.8, 4) is 11.5 Å². The van der Waals surface area contributed by atoms with E-state index in [0.29, 0.717) is 10.0 Å². The fraction of sp³-hybridized carbons (Fsp3) is 0.182. The Hall–Kier alpha value is -3.73. The smallest absolute Gasteiger partial charge is 0.344 e. The molecule has 0 radical (unpaired) electrons. The van der Waals surface area contributed by atoms with Gasteiger partial charge in [0.2, 0.25) is 0 Å². The van der Waals surface area contributed by atoms with E-state index in [0.717, 1.165) is 17.0 Å². The summed E-state index contributed by atoms with van der Waals surface area (Å²) in [5.74, 6) is -2.44. The number of esters is 1. The second kappa shape index (κ2) is 10.3. The summed E-state index contributed by atoms with van der Waals surface area (Å²) in [6, 6.07) is 6.74. The highest BCUT2D eigenvalue weighted by atomic mass is 79.9. The molecule has 1 aliphatic heterocycles. The van der Waals surface area contributed by atoms with Gasteiger partial charge in [0.15, 0.2) is 18.1 Å². The minimum Gasteiger partial charge on any atom is -0.493 e. The number of carbonyl (C=O) groups is 4. The molecule has 2 aromatic rings. The lowest BCUT2D eigenvalue weighted by Gasteiger charge is -2.26. The number of imide groups is 2. The van der Waals surface area contributed by atoms with Gasteiger partial charge >= 0.3 is 12.0 Å². The van der Waals surface area contributed by atoms with E-state index >= 15 is 0 Å². The van der Waals surface area contributed by atoms with Gasteiger partial charge in [0, 0.05) is 0 Å². The number of methoxy groups -OCH3 is 1. The van der Waals surface area contributed by atoms with Crippen LogP contribution in [0.1, 0.15) is 12.5 Å². The summed E-state index contributed by atoms with van der Waals surface area (Å²) in [6.07, 6.45) is 1.27. The fourth-order valence-corrected chi connectivity index (χ4v) is 3.52. The van der Waals surface area contributed by atoms with E-state index in [-0.39, 0.29) is 36.0 Å². The van der Waals surface area contributed by atoms with Crippen LogP contribution in [-0.2, 0) is 19.1 Å². The molecule has 4 amide bonds. The molecule has 2 aromatic carbocycles. The van der Waals surface area contributed by atoms with Gasteiger partial charge in [-0.05, 0) is 70.9 Å². The van der Waals surface area contributed by atoms with E-state index in [4.69, 9.17) is 14.2 Å². The fourth-order valence-electron chi connectivity index (χ4n) is 2.95. The van der Waals surface area contributed by atoms with Crippen LogP contribution in [0.2, 0.25) is 0 Å². The zero-order chi connectivity index (χ0) is 24.1. The van der Waals surface area contributed by atoms with Gasteiger partial charge in [0.1, 0.15) is 11.4 Å². The van der Waals surface area contributed by atoms with Crippen LogP contribution in [0.15, 0.2) is 46.4 Å². The molecule has 0 atom stereocenters. The average molecular weight is 521 g/mol. The molecule has 0 aromatic heterocycles. The molecule has 1 saturated heterocycles. The largest absolute Gasteiger partial charge is 0.493 e. The molecule has 0 bridgehead atoms. The van der Waals surface area contributed by atoms with Crippen molar-refractivity contribution in [2.75, 3.05) is 25.2 Å². The number of urea groups is 1. The maximum atomic E-state index is 13.2. The molecule has 1 heterocycles. The van der Waals surface area contributed by atoms with Gasteiger partial charge in [-0.2, -0.15) is 0 Å². The molecule has 11 heteroatoms. The van der Waals surface area contributed by atoms with Gasteiger partial charge in [-0.1, -0.05) is 0 Å². The van der Waals surface area contributed by atoms with Gasteiger partial charge < -0.3 is 14.2 Å². The number of ether oxygens (including phenoxy) is 3. The zero-order valence-corrected chi connectivity index (χ0v) is 19.1. The number of hydrogen-bond donors (Lipinski definition) is 1. The third-order valence-electron chi connectivity index (χ3n) is 4.39. The molecule has 1 N–H and O–H groups in total. The van der Waals surface area contributed by atoms with Crippen LogP contribution in [0.25, 0.3) is 6.08 Å². The number of rotatable bonds is 7. The first-order valence-electron chi connectivity index (χ1n) is 9.58. The molecular weight excluding hydrogens is 503 g/mol. The first-order valence-corrected chi connectivity index (χ1v) is 10.4. The highest BCUT2D eigenvalue weighted by Crippen LogP contribution is 2.37. The second-order valence-corrected chi connectivity index (χ2v) is 7.42. The highest BCUT2D eigenvalue weighted by Gasteiger charge is 2.36. The Balaban J connectivity index is 1.93. The predicted octanol–water partition coefficient (Wildman–Crippen LogP) is 3.21. The molecule has 0 aliphatic carbocycles. The SMILES string of the molecule is CCOC(=O)COc1c(Br)cc(/C=C2\C(=O)NC(=O)N(c3ccc(F)cc3)C2=O)cc1OC. The van der Waals surface area contributed by atoms with Crippen LogP contribution in [0, 0.1) is 5.82 Å². The predicted molar refractivity (Wildman–Crippen MR) is 118 cm³/mol. The normalized spacial score (nSPS) is 14.8. The Labute approximate surface area is 196 Å². The number of benzene rings is 2. The number of barbiturate groups is 1. The number of nitrogens with one attached hydrogen (secondary N) is 1. The van der Waals surface area contributed by atoms with Crippen molar-refractivity contribution in [2.24, 2.45) is 0 Å². The standard InChI is InChI=1S/C22H18BrFN2O7/c1-3-32-18(27)11-33-19-16(23)9-12(10-17(19)31-2)8-15-20(28)25-22(30)26(21(15)29)14-6-4-13(24)5-7-14/h4-10H,3,11H2,1-2H3,(H,25,28,30)/b15-8+. The Morgan fingerprint density at radius 1 is 1.18 bits per heavy atom. The number of nitrogens with zero attached hydrogens (tertiary/aromatic N) is 1. The molecule has 0 unspecified atom stereocenters. The third kappa shape index (κ3) is 5.37. The summed E-state index contributed by atoms with van der Waals surface area (Å²) >= 11 is 3.32. The minimum absolute atomic E-state index is 0.0961. The van der Waals surface area contributed by atoms with Gasteiger partial charge in [0.25, 0.3) is 11.8 Å². The van der Waals surface area contributed by atoms with Crippen LogP contribution in [0.4, 0.5) is 14.9 Å². The van der Waals surface area contributed by atoms with Crippen molar-refractivity contribution in [3.63, 3.8) is 0 Å². The maximum absolute atomic E-state index is 13.2. The first kappa shape index (κ1) is 23.9. The monoisotopic (exact) mass is 520 g/mol. The quantitative estimate of drug-likeness (QED) is 0.339. The number of hydrogen-bond acceptors (Lipinski definition) is 7. The topological polar surface area (TPSA) is 111 Å². The summed E-state index contributed by atoms with van der Waals surface area (Å²) in [7, 11) is 1.38. The summed E-state index contributed by atoms with van der Waals surface area (Å²) < 4.78 is 29.2. The van der Waals surface area contributed by atoms with E-state index in [1.165, 1.54) is 37.5 Å². The number of amides is 4. The third-order valence-corrected chi connectivity index (χ3v) is 4.98. The Morgan fingerprint density at radius 2 is 1.88 bits per heavy atom. The van der Waals surface area contributed by atoms with Crippen molar-refractivity contribution < 1.29 is 37.8 Å². The lowest BCUT2D eigenvalue weighted by atomic mass is 10.1. The molecule has 1 fully saturated rings. The number of carbonyl (C=O) groups excluding carboxylic acids is 4. The molecule has 33 heavy (non-hydrogen) atoms. The van der Waals surface area contributed by atoms with E-state index in [9.17, 15) is 23.6 Å². The first-order chi connectivity index (χ1) is 15.7. The number of anilines is 1. The lowest BCUT2D eigenvalue weighted by Crippen LogP contribution is -2.54. The van der Waals surface area contributed by atoms with E-state index in [1.54, 1.807) is 6.92 Å². The van der Waals surface area contributed by atoms with Crippen LogP contribution in [0.5, 0.6) is 11.5 Å². The van der Waals surface area contributed by atoms with Crippen molar-refractivity contribution in [1.29, 1.82) is 0 Å². The van der Waals surface area contributed by atoms with Crippen LogP contribution in [-0.4, -0.2) is 44.1 Å². The summed E-state index contributed by atoms with van der Waals surface area (Å²) in [5, 5.41) is 2.09. The molecule has 3 rings (SSSR count). The van der Waals surface area contributed by atoms with Crippen molar-refractivity contribution in [3.05, 3.63) is 57.8 Å². The summed E-state index contributed by atoms with van der Waals surface area (Å²) in [5.41, 5.74) is 0.140. The van der Waals surface area contributed by atoms with E-state index < -0.39 is 29.6 Å². The molecule has 0 saturated carbocycles. The Kier molecular flexibility index (Phi) is 7.44. The van der Waals surface area contributed by atoms with Gasteiger partial charge in [-0.3, -0.25) is 14.9 Å². The average Bonchev–Trinajstić information content (AvgIpc) is 2.77. The van der Waals surface area contributed by atoms with Crippen LogP contribution in [0.3, 0.4) is 0 Å². The van der Waals surface area contributed by atoms with E-state index in [2.05, 4.69) is 21.2 Å². The molecule has 0 spiro atoms. The van der Waals surface area contributed by atoms with Crippen molar-refractivity contribution >= 4 is 51.5 Å². The molecule has 1 aliphatic rings. The van der Waals surface area contributed by atoms with Gasteiger partial charge in [-0.25, -0.2) is 18.9 Å². The van der Waals surface area contributed by atoms with Gasteiger partial charge in [0.05, 0.1) is 23.9 Å². The maximum Gasteiger partial charge on any atom is 0.344 e. The van der Waals surface area contributed by atoms with Crippen molar-refractivity contribution in [1.82, 2.24) is 5.32 Å². The lowest BCUT2D eigenvalue weighted by molar-refractivity contribution is -0.145. The number of halogens is 2. The minimum atomic E-state index is -0.949. The Morgan fingerprint density at radius 3 is 2.52 bits per heavy atom. The molecular formula is C22H18BrFN2O7. The van der Waals surface area contributed by atoms with Crippen LogP contribution >= 0.6 is 15.9 Å². The summed E-state index contributed by atoms with van der Waals surface area (Å²) in [6.45, 7) is 1.53. The summed E-state index contributed by atoms with van der Waals surface area (Å²) in [4.78, 5) is 49.9.